The number of hydrogen-bond acceptors (Lipinski definition) is 4. The van der Waals surface area contributed by atoms with Crippen LogP contribution in [0.25, 0.3) is 0 Å². The van der Waals surface area contributed by atoms with E-state index in [0.29, 0.717) is 0 Å². The molecule has 0 radical (unpaired) electrons. The van der Waals surface area contributed by atoms with Gasteiger partial charge in [-0.25, -0.2) is 0 Å². The molecule has 118 valence electrons. The first-order chi connectivity index (χ1) is 9.57. The summed E-state index contributed by atoms with van der Waals surface area (Å²) in [6, 6.07) is 3.49. The predicted octanol–water partition coefficient (Wildman–Crippen LogP) is 3.61. The van der Waals surface area contributed by atoms with Gasteiger partial charge in [-0.2, -0.15) is 0 Å². The van der Waals surface area contributed by atoms with Gasteiger partial charge in [0.15, 0.2) is 0 Å². The Morgan fingerprint density at radius 1 is 0.650 bits per heavy atom. The van der Waals surface area contributed by atoms with Gasteiger partial charge in [0.25, 0.3) is 0 Å². The van der Waals surface area contributed by atoms with Crippen molar-refractivity contribution in [2.75, 3.05) is 28.4 Å². The summed E-state index contributed by atoms with van der Waals surface area (Å²) in [6.45, 7) is 4.03. The summed E-state index contributed by atoms with van der Waals surface area (Å²) >= 11 is 0. The molecule has 0 fully saturated rings. The molecule has 6 heteroatoms. The second-order valence-corrected chi connectivity index (χ2v) is 11.8. The maximum Gasteiger partial charge on any atom is 0.341 e. The van der Waals surface area contributed by atoms with E-state index >= 15 is 0 Å². The van der Waals surface area contributed by atoms with Crippen LogP contribution in [-0.4, -0.2) is 45.6 Å². The standard InChI is InChI=1S/C14H30O4Si2/c1-7-9-11-19(15-3,16-4)13-14-20(17-5,18-6)12-10-8-2/h7-10H,11-14H2,1-6H3. The molecule has 0 unspecified atom stereocenters. The molecule has 0 saturated carbocycles. The van der Waals surface area contributed by atoms with E-state index in [1.807, 2.05) is 26.0 Å². The van der Waals surface area contributed by atoms with Crippen molar-refractivity contribution in [3.8, 4) is 0 Å². The Labute approximate surface area is 126 Å². The topological polar surface area (TPSA) is 36.9 Å². The molecule has 0 aromatic heterocycles. The van der Waals surface area contributed by atoms with E-state index in [-0.39, 0.29) is 0 Å². The normalized spacial score (nSPS) is 13.7. The molecule has 0 N–H and O–H groups in total. The monoisotopic (exact) mass is 318 g/mol. The molecule has 0 bridgehead atoms. The summed E-state index contributed by atoms with van der Waals surface area (Å²) in [7, 11) is 2.61. The SMILES string of the molecule is CC=CC[Si](CC[Si](CC=CC)(OC)OC)(OC)OC. The Hall–Kier alpha value is -0.246. The third kappa shape index (κ3) is 6.03. The zero-order valence-electron chi connectivity index (χ0n) is 13.8. The minimum Gasteiger partial charge on any atom is -0.397 e. The predicted molar refractivity (Wildman–Crippen MR) is 88.4 cm³/mol. The van der Waals surface area contributed by atoms with Crippen LogP contribution in [0.3, 0.4) is 0 Å². The van der Waals surface area contributed by atoms with Crippen LogP contribution in [0.4, 0.5) is 0 Å². The van der Waals surface area contributed by atoms with Crippen LogP contribution in [0.5, 0.6) is 0 Å². The van der Waals surface area contributed by atoms with Gasteiger partial charge in [0, 0.05) is 40.5 Å². The fourth-order valence-electron chi connectivity index (χ4n) is 2.09. The van der Waals surface area contributed by atoms with Gasteiger partial charge in [-0.1, -0.05) is 24.3 Å². The molecule has 0 spiro atoms. The lowest BCUT2D eigenvalue weighted by atomic mass is 10.6. The molecule has 0 amide bonds. The lowest BCUT2D eigenvalue weighted by Gasteiger charge is -2.31. The lowest BCUT2D eigenvalue weighted by Crippen LogP contribution is -2.45. The summed E-state index contributed by atoms with van der Waals surface area (Å²) in [5.74, 6) is 0. The van der Waals surface area contributed by atoms with E-state index in [2.05, 4.69) is 12.2 Å². The third-order valence-corrected chi connectivity index (χ3v) is 10.9. The molecule has 0 aromatic rings. The van der Waals surface area contributed by atoms with Crippen molar-refractivity contribution in [2.24, 2.45) is 0 Å². The van der Waals surface area contributed by atoms with Gasteiger partial charge in [0.05, 0.1) is 0 Å². The Morgan fingerprint density at radius 2 is 0.950 bits per heavy atom. The quantitative estimate of drug-likeness (QED) is 0.431. The Balaban J connectivity index is 4.85. The van der Waals surface area contributed by atoms with E-state index in [1.54, 1.807) is 28.4 Å². The molecule has 0 atom stereocenters. The molecule has 20 heavy (non-hydrogen) atoms. The van der Waals surface area contributed by atoms with Gasteiger partial charge in [0.1, 0.15) is 0 Å². The highest BCUT2D eigenvalue weighted by Crippen LogP contribution is 2.28. The second kappa shape index (κ2) is 10.5. The molecular formula is C14H30O4Si2. The molecule has 0 aliphatic heterocycles. The molecule has 0 aromatic carbocycles. The van der Waals surface area contributed by atoms with E-state index in [9.17, 15) is 0 Å². The van der Waals surface area contributed by atoms with Crippen molar-refractivity contribution in [2.45, 2.75) is 38.0 Å². The average Bonchev–Trinajstić information content (AvgIpc) is 2.51. The first-order valence-electron chi connectivity index (χ1n) is 7.00. The summed E-state index contributed by atoms with van der Waals surface area (Å²) in [4.78, 5) is 0. The van der Waals surface area contributed by atoms with Gasteiger partial charge in [-0.3, -0.25) is 0 Å². The number of hydrogen-bond donors (Lipinski definition) is 0. The maximum atomic E-state index is 5.74. The Morgan fingerprint density at radius 3 is 1.15 bits per heavy atom. The van der Waals surface area contributed by atoms with Crippen LogP contribution in [0.15, 0.2) is 24.3 Å². The van der Waals surface area contributed by atoms with Crippen molar-refractivity contribution < 1.29 is 17.7 Å². The first kappa shape index (κ1) is 19.8. The number of rotatable bonds is 11. The zero-order valence-corrected chi connectivity index (χ0v) is 15.8. The fourth-order valence-corrected chi connectivity index (χ4v) is 8.55. The number of allylic oxidation sites excluding steroid dienone is 4. The molecule has 0 saturated heterocycles. The smallest absolute Gasteiger partial charge is 0.341 e. The van der Waals surface area contributed by atoms with Crippen LogP contribution in [0.2, 0.25) is 24.2 Å². The van der Waals surface area contributed by atoms with E-state index in [4.69, 9.17) is 17.7 Å². The van der Waals surface area contributed by atoms with E-state index < -0.39 is 17.1 Å². The van der Waals surface area contributed by atoms with Crippen molar-refractivity contribution in [1.82, 2.24) is 0 Å². The third-order valence-electron chi connectivity index (χ3n) is 3.70. The van der Waals surface area contributed by atoms with Crippen LogP contribution in [0, 0.1) is 0 Å². The lowest BCUT2D eigenvalue weighted by molar-refractivity contribution is 0.232. The van der Waals surface area contributed by atoms with Crippen LogP contribution in [-0.2, 0) is 17.7 Å². The van der Waals surface area contributed by atoms with Gasteiger partial charge in [0.2, 0.25) is 0 Å². The zero-order chi connectivity index (χ0) is 15.5. The maximum absolute atomic E-state index is 5.74. The highest BCUT2D eigenvalue weighted by atomic mass is 28.4. The molecular weight excluding hydrogens is 288 g/mol. The van der Waals surface area contributed by atoms with Crippen molar-refractivity contribution in [3.05, 3.63) is 24.3 Å². The molecule has 4 nitrogen and oxygen atoms in total. The van der Waals surface area contributed by atoms with Crippen molar-refractivity contribution >= 4 is 17.1 Å². The summed E-state index contributed by atoms with van der Waals surface area (Å²) in [5.41, 5.74) is 0. The first-order valence-corrected chi connectivity index (χ1v) is 11.5. The Kier molecular flexibility index (Phi) is 10.3. The molecule has 0 aliphatic rings. The fraction of sp³-hybridized carbons (Fsp3) is 0.714. The highest BCUT2D eigenvalue weighted by Gasteiger charge is 2.41. The minimum absolute atomic E-state index is 0.859. The summed E-state index contributed by atoms with van der Waals surface area (Å²) in [6.07, 6.45) is 8.32. The van der Waals surface area contributed by atoms with Crippen LogP contribution < -0.4 is 0 Å². The largest absolute Gasteiger partial charge is 0.397 e. The molecule has 0 rings (SSSR count). The van der Waals surface area contributed by atoms with Gasteiger partial charge >= 0.3 is 17.1 Å². The average molecular weight is 319 g/mol. The van der Waals surface area contributed by atoms with E-state index in [0.717, 1.165) is 24.2 Å². The summed E-state index contributed by atoms with van der Waals surface area (Å²) < 4.78 is 22.9. The molecule has 0 aliphatic carbocycles. The van der Waals surface area contributed by atoms with Crippen molar-refractivity contribution in [3.63, 3.8) is 0 Å². The van der Waals surface area contributed by atoms with Gasteiger partial charge in [-0.15, -0.1) is 0 Å². The van der Waals surface area contributed by atoms with Gasteiger partial charge < -0.3 is 17.7 Å². The minimum atomic E-state index is -2.18. The second-order valence-electron chi connectivity index (χ2n) is 4.68. The highest BCUT2D eigenvalue weighted by molar-refractivity contribution is 6.73. The Bertz CT molecular complexity index is 268. The van der Waals surface area contributed by atoms with E-state index in [1.165, 1.54) is 0 Å². The van der Waals surface area contributed by atoms with Crippen LogP contribution >= 0.6 is 0 Å². The summed E-state index contributed by atoms with van der Waals surface area (Å²) in [5, 5.41) is 0. The van der Waals surface area contributed by atoms with Gasteiger partial charge in [-0.05, 0) is 25.9 Å². The van der Waals surface area contributed by atoms with Crippen molar-refractivity contribution in [1.29, 1.82) is 0 Å². The molecule has 0 heterocycles. The van der Waals surface area contributed by atoms with Crippen LogP contribution in [0.1, 0.15) is 13.8 Å².